The molecule has 98 valence electrons. The van der Waals surface area contributed by atoms with Crippen LogP contribution in [0.1, 0.15) is 12.0 Å². The predicted molar refractivity (Wildman–Crippen MR) is 68.8 cm³/mol. The Morgan fingerprint density at radius 1 is 1.33 bits per heavy atom. The maximum absolute atomic E-state index is 12.6. The molecule has 1 aliphatic heterocycles. The monoisotopic (exact) mass is 385 g/mol. The lowest BCUT2D eigenvalue weighted by Gasteiger charge is -2.19. The Kier molecular flexibility index (Phi) is 3.73. The summed E-state index contributed by atoms with van der Waals surface area (Å²) >= 11 is 6.37. The number of hydrogen-bond acceptors (Lipinski definition) is 1. The highest BCUT2D eigenvalue weighted by atomic mass is 79.9. The first-order valence-corrected chi connectivity index (χ1v) is 6.84. The van der Waals surface area contributed by atoms with E-state index >= 15 is 0 Å². The van der Waals surface area contributed by atoms with E-state index in [-0.39, 0.29) is 16.4 Å². The zero-order valence-electron chi connectivity index (χ0n) is 8.97. The summed E-state index contributed by atoms with van der Waals surface area (Å²) in [5, 5.41) is 0. The summed E-state index contributed by atoms with van der Waals surface area (Å²) in [5.41, 5.74) is -0.497. The lowest BCUT2D eigenvalue weighted by atomic mass is 10.2. The molecule has 7 heteroatoms. The molecule has 1 atom stereocenters. The second kappa shape index (κ2) is 4.85. The smallest absolute Gasteiger partial charge is 0.310 e. The van der Waals surface area contributed by atoms with E-state index in [9.17, 15) is 18.0 Å². The summed E-state index contributed by atoms with van der Waals surface area (Å²) in [4.78, 5) is 12.8. The van der Waals surface area contributed by atoms with E-state index in [1.54, 1.807) is 0 Å². The quantitative estimate of drug-likeness (QED) is 0.669. The van der Waals surface area contributed by atoms with Gasteiger partial charge in [-0.1, -0.05) is 15.9 Å². The van der Waals surface area contributed by atoms with Crippen LogP contribution in [0.5, 0.6) is 0 Å². The summed E-state index contributed by atoms with van der Waals surface area (Å²) in [5.74, 6) is -0.213. The number of halogens is 5. The van der Waals surface area contributed by atoms with E-state index in [4.69, 9.17) is 0 Å². The summed E-state index contributed by atoms with van der Waals surface area (Å²) in [6.45, 7) is 0.411. The highest BCUT2D eigenvalue weighted by Gasteiger charge is 2.35. The number of nitrogens with zero attached hydrogens (tertiary/aromatic N) is 1. The maximum atomic E-state index is 12.6. The van der Waals surface area contributed by atoms with Gasteiger partial charge >= 0.3 is 6.18 Å². The lowest BCUT2D eigenvalue weighted by Crippen LogP contribution is -2.27. The SMILES string of the molecule is O=C1C(Br)CCN1c1cc(C(F)(F)F)ccc1Br. The minimum atomic E-state index is -4.41. The maximum Gasteiger partial charge on any atom is 0.416 e. The van der Waals surface area contributed by atoms with Gasteiger partial charge in [-0.2, -0.15) is 13.2 Å². The Hall–Kier alpha value is -0.560. The van der Waals surface area contributed by atoms with Crippen molar-refractivity contribution >= 4 is 43.5 Å². The third kappa shape index (κ3) is 2.56. The van der Waals surface area contributed by atoms with Gasteiger partial charge in [-0.15, -0.1) is 0 Å². The first kappa shape index (κ1) is 13.9. The zero-order chi connectivity index (χ0) is 13.5. The molecule has 0 N–H and O–H groups in total. The van der Waals surface area contributed by atoms with Gasteiger partial charge in [-0.25, -0.2) is 0 Å². The molecular formula is C11H8Br2F3NO. The molecule has 2 rings (SSSR count). The lowest BCUT2D eigenvalue weighted by molar-refractivity contribution is -0.137. The Morgan fingerprint density at radius 3 is 2.50 bits per heavy atom. The molecule has 1 fully saturated rings. The number of amides is 1. The minimum absolute atomic E-state index is 0.213. The fraction of sp³-hybridized carbons (Fsp3) is 0.364. The number of alkyl halides is 4. The van der Waals surface area contributed by atoms with Crippen molar-refractivity contribution in [1.29, 1.82) is 0 Å². The van der Waals surface area contributed by atoms with E-state index in [0.717, 1.165) is 12.1 Å². The van der Waals surface area contributed by atoms with Gasteiger partial charge in [0.2, 0.25) is 5.91 Å². The molecule has 0 bridgehead atoms. The van der Waals surface area contributed by atoms with E-state index in [2.05, 4.69) is 31.9 Å². The van der Waals surface area contributed by atoms with Crippen LogP contribution in [0.15, 0.2) is 22.7 Å². The standard InChI is InChI=1S/C11H8Br2F3NO/c12-7-2-1-6(11(14,15)16)5-9(7)17-4-3-8(13)10(17)18/h1-2,5,8H,3-4H2. The summed E-state index contributed by atoms with van der Waals surface area (Å²) in [6, 6.07) is 3.29. The normalized spacial score (nSPS) is 20.6. The van der Waals surface area contributed by atoms with Crippen LogP contribution in [0.25, 0.3) is 0 Å². The van der Waals surface area contributed by atoms with Gasteiger partial charge in [0.05, 0.1) is 16.1 Å². The number of rotatable bonds is 1. The third-order valence-corrected chi connectivity index (χ3v) is 4.22. The van der Waals surface area contributed by atoms with Crippen LogP contribution >= 0.6 is 31.9 Å². The van der Waals surface area contributed by atoms with Crippen molar-refractivity contribution < 1.29 is 18.0 Å². The van der Waals surface area contributed by atoms with Crippen LogP contribution < -0.4 is 4.90 Å². The molecule has 1 amide bonds. The van der Waals surface area contributed by atoms with Gasteiger partial charge in [0.15, 0.2) is 0 Å². The highest BCUT2D eigenvalue weighted by Crippen LogP contribution is 2.37. The van der Waals surface area contributed by atoms with Crippen molar-refractivity contribution in [1.82, 2.24) is 0 Å². The average molecular weight is 387 g/mol. The van der Waals surface area contributed by atoms with Gasteiger partial charge in [0.25, 0.3) is 0 Å². The summed E-state index contributed by atoms with van der Waals surface area (Å²) < 4.78 is 38.4. The van der Waals surface area contributed by atoms with E-state index in [1.807, 2.05) is 0 Å². The van der Waals surface area contributed by atoms with Crippen LogP contribution in [0.3, 0.4) is 0 Å². The van der Waals surface area contributed by atoms with Gasteiger partial charge in [0.1, 0.15) is 0 Å². The van der Waals surface area contributed by atoms with Crippen molar-refractivity contribution in [3.63, 3.8) is 0 Å². The molecule has 0 aromatic heterocycles. The van der Waals surface area contributed by atoms with Gasteiger partial charge in [-0.3, -0.25) is 4.79 Å². The van der Waals surface area contributed by atoms with Crippen molar-refractivity contribution in [3.05, 3.63) is 28.2 Å². The molecule has 0 radical (unpaired) electrons. The summed E-state index contributed by atoms with van der Waals surface area (Å²) in [6.07, 6.45) is -3.83. The number of hydrogen-bond donors (Lipinski definition) is 0. The van der Waals surface area contributed by atoms with E-state index < -0.39 is 11.7 Å². The van der Waals surface area contributed by atoms with Crippen LogP contribution in [0.2, 0.25) is 0 Å². The van der Waals surface area contributed by atoms with Gasteiger partial charge in [0, 0.05) is 11.0 Å². The predicted octanol–water partition coefficient (Wildman–Crippen LogP) is 3.97. The van der Waals surface area contributed by atoms with Gasteiger partial charge in [-0.05, 0) is 40.5 Å². The van der Waals surface area contributed by atoms with E-state index in [0.29, 0.717) is 17.4 Å². The molecule has 0 saturated carbocycles. The Bertz CT molecular complexity index is 490. The number of carbonyl (C=O) groups excluding carboxylic acids is 1. The zero-order valence-corrected chi connectivity index (χ0v) is 12.1. The first-order chi connectivity index (χ1) is 8.30. The molecular weight excluding hydrogens is 379 g/mol. The third-order valence-electron chi connectivity index (χ3n) is 2.70. The van der Waals surface area contributed by atoms with Crippen molar-refractivity contribution in [2.45, 2.75) is 17.4 Å². The second-order valence-electron chi connectivity index (χ2n) is 3.91. The molecule has 1 aromatic rings. The molecule has 1 unspecified atom stereocenters. The molecule has 2 nitrogen and oxygen atoms in total. The Labute approximate surface area is 118 Å². The number of benzene rings is 1. The van der Waals surface area contributed by atoms with Crippen molar-refractivity contribution in [2.24, 2.45) is 0 Å². The van der Waals surface area contributed by atoms with E-state index in [1.165, 1.54) is 11.0 Å². The van der Waals surface area contributed by atoms with Crippen molar-refractivity contribution in [3.8, 4) is 0 Å². The Balaban J connectivity index is 2.42. The highest BCUT2D eigenvalue weighted by molar-refractivity contribution is 9.10. The second-order valence-corrected chi connectivity index (χ2v) is 5.87. The fourth-order valence-electron chi connectivity index (χ4n) is 1.78. The van der Waals surface area contributed by atoms with Crippen molar-refractivity contribution in [2.75, 3.05) is 11.4 Å². The van der Waals surface area contributed by atoms with Gasteiger partial charge < -0.3 is 4.90 Å². The molecule has 1 aliphatic rings. The molecule has 0 spiro atoms. The molecule has 1 heterocycles. The Morgan fingerprint density at radius 2 is 2.00 bits per heavy atom. The number of anilines is 1. The minimum Gasteiger partial charge on any atom is -0.310 e. The average Bonchev–Trinajstić information content (AvgIpc) is 2.59. The topological polar surface area (TPSA) is 20.3 Å². The molecule has 0 aliphatic carbocycles. The number of carbonyl (C=O) groups is 1. The van der Waals surface area contributed by atoms with Crippen LogP contribution in [0, 0.1) is 0 Å². The molecule has 1 aromatic carbocycles. The first-order valence-electron chi connectivity index (χ1n) is 5.13. The largest absolute Gasteiger partial charge is 0.416 e. The molecule has 18 heavy (non-hydrogen) atoms. The molecule has 1 saturated heterocycles. The van der Waals surface area contributed by atoms with Crippen LogP contribution in [-0.2, 0) is 11.0 Å². The fourth-order valence-corrected chi connectivity index (χ4v) is 2.69. The summed E-state index contributed by atoms with van der Waals surface area (Å²) in [7, 11) is 0. The van der Waals surface area contributed by atoms with Crippen LogP contribution in [0.4, 0.5) is 18.9 Å². The van der Waals surface area contributed by atoms with Crippen LogP contribution in [-0.4, -0.2) is 17.3 Å².